The summed E-state index contributed by atoms with van der Waals surface area (Å²) in [7, 11) is 0. The van der Waals surface area contributed by atoms with Gasteiger partial charge < -0.3 is 15.0 Å². The Morgan fingerprint density at radius 2 is 1.79 bits per heavy atom. The second-order valence-electron chi connectivity index (χ2n) is 6.79. The predicted molar refractivity (Wildman–Crippen MR) is 78.4 cm³/mol. The van der Waals surface area contributed by atoms with Gasteiger partial charge in [-0.2, -0.15) is 0 Å². The van der Waals surface area contributed by atoms with E-state index in [1.807, 2.05) is 0 Å². The lowest BCUT2D eigenvalue weighted by Gasteiger charge is -2.33. The van der Waals surface area contributed by atoms with Crippen LogP contribution >= 0.6 is 0 Å². The molecule has 1 N–H and O–H groups in total. The van der Waals surface area contributed by atoms with Crippen LogP contribution in [0.4, 0.5) is 0 Å². The number of likely N-dealkylation sites (N-methyl/N-ethyl adjacent to an activating group) is 1. The Kier molecular flexibility index (Phi) is 4.78. The summed E-state index contributed by atoms with van der Waals surface area (Å²) in [5.41, 5.74) is 0. The summed E-state index contributed by atoms with van der Waals surface area (Å²) < 4.78 is 6.20. The summed E-state index contributed by atoms with van der Waals surface area (Å²) in [6, 6.07) is 0.813. The van der Waals surface area contributed by atoms with Gasteiger partial charge in [0.25, 0.3) is 0 Å². The normalized spacial score (nSPS) is 31.9. The summed E-state index contributed by atoms with van der Waals surface area (Å²) >= 11 is 0. The third-order valence-corrected chi connectivity index (χ3v) is 5.06. The first kappa shape index (κ1) is 13.8. The lowest BCUT2D eigenvalue weighted by atomic mass is 9.85. The number of rotatable bonds is 8. The second kappa shape index (κ2) is 6.55. The number of hydrogen-bond donors (Lipinski definition) is 1. The smallest absolute Gasteiger partial charge is 0.0707 e. The van der Waals surface area contributed by atoms with Crippen molar-refractivity contribution >= 4 is 0 Å². The summed E-state index contributed by atoms with van der Waals surface area (Å²) in [4.78, 5) is 2.62. The molecule has 0 aromatic carbocycles. The molecule has 2 saturated carbocycles. The molecule has 0 radical (unpaired) electrons. The number of nitrogens with one attached hydrogen (secondary N) is 1. The van der Waals surface area contributed by atoms with Gasteiger partial charge in [-0.3, -0.25) is 0 Å². The highest BCUT2D eigenvalue weighted by Crippen LogP contribution is 2.28. The van der Waals surface area contributed by atoms with Crippen LogP contribution in [0.5, 0.6) is 0 Å². The van der Waals surface area contributed by atoms with Gasteiger partial charge in [0.05, 0.1) is 12.2 Å². The molecule has 0 aromatic heterocycles. The van der Waals surface area contributed by atoms with Gasteiger partial charge in [0, 0.05) is 25.7 Å². The van der Waals surface area contributed by atoms with E-state index in [1.165, 1.54) is 58.0 Å². The van der Waals surface area contributed by atoms with E-state index in [1.54, 1.807) is 0 Å². The van der Waals surface area contributed by atoms with E-state index in [0.29, 0.717) is 12.2 Å². The van der Waals surface area contributed by atoms with Gasteiger partial charge in [0.1, 0.15) is 0 Å². The molecule has 2 aliphatic carbocycles. The van der Waals surface area contributed by atoms with E-state index in [-0.39, 0.29) is 0 Å². The Morgan fingerprint density at radius 3 is 2.42 bits per heavy atom. The highest BCUT2D eigenvalue weighted by Gasteiger charge is 2.29. The van der Waals surface area contributed by atoms with Gasteiger partial charge in [0.15, 0.2) is 0 Å². The monoisotopic (exact) mass is 266 g/mol. The van der Waals surface area contributed by atoms with Crippen LogP contribution in [0.2, 0.25) is 0 Å². The molecular formula is C16H30N2O. The van der Waals surface area contributed by atoms with Crippen LogP contribution in [0.15, 0.2) is 0 Å². The maximum atomic E-state index is 6.20. The van der Waals surface area contributed by atoms with Gasteiger partial charge in [-0.1, -0.05) is 13.3 Å². The Labute approximate surface area is 118 Å². The minimum Gasteiger partial charge on any atom is -0.372 e. The molecule has 3 fully saturated rings. The summed E-state index contributed by atoms with van der Waals surface area (Å²) in [6.45, 7) is 7.02. The average Bonchev–Trinajstić information content (AvgIpc) is 3.09. The standard InChI is InChI=1S/C16H30N2O/c1-2-18(11-13-4-3-5-13)12-16-9-8-15(19-16)10-17-14-6-7-14/h13-17H,2-12H2,1H3. The van der Waals surface area contributed by atoms with Crippen LogP contribution in [-0.2, 0) is 4.74 Å². The van der Waals surface area contributed by atoms with Crippen LogP contribution in [0, 0.1) is 5.92 Å². The van der Waals surface area contributed by atoms with Crippen molar-refractivity contribution in [1.82, 2.24) is 10.2 Å². The van der Waals surface area contributed by atoms with Crippen molar-refractivity contribution in [3.8, 4) is 0 Å². The van der Waals surface area contributed by atoms with Crippen LogP contribution in [-0.4, -0.2) is 49.3 Å². The molecule has 1 saturated heterocycles. The zero-order valence-electron chi connectivity index (χ0n) is 12.4. The molecule has 3 rings (SSSR count). The Hall–Kier alpha value is -0.120. The average molecular weight is 266 g/mol. The lowest BCUT2D eigenvalue weighted by molar-refractivity contribution is 0.0187. The van der Waals surface area contributed by atoms with Crippen molar-refractivity contribution in [3.05, 3.63) is 0 Å². The summed E-state index contributed by atoms with van der Waals surface area (Å²) in [5, 5.41) is 3.60. The van der Waals surface area contributed by atoms with E-state index >= 15 is 0 Å². The number of ether oxygens (including phenoxy) is 1. The summed E-state index contributed by atoms with van der Waals surface area (Å²) in [6.07, 6.45) is 10.6. The van der Waals surface area contributed by atoms with E-state index in [9.17, 15) is 0 Å². The van der Waals surface area contributed by atoms with Crippen LogP contribution in [0.25, 0.3) is 0 Å². The Balaban J connectivity index is 1.34. The maximum Gasteiger partial charge on any atom is 0.0707 e. The van der Waals surface area contributed by atoms with Gasteiger partial charge in [0.2, 0.25) is 0 Å². The summed E-state index contributed by atoms with van der Waals surface area (Å²) in [5.74, 6) is 0.980. The molecule has 3 nitrogen and oxygen atoms in total. The highest BCUT2D eigenvalue weighted by molar-refractivity contribution is 4.85. The first-order chi connectivity index (χ1) is 9.33. The maximum absolute atomic E-state index is 6.20. The molecule has 0 bridgehead atoms. The lowest BCUT2D eigenvalue weighted by Crippen LogP contribution is -2.38. The Bertz CT molecular complexity index is 276. The van der Waals surface area contributed by atoms with Crippen LogP contribution in [0.1, 0.15) is 51.9 Å². The SMILES string of the molecule is CCN(CC1CCC1)CC1CCC(CNC2CC2)O1. The van der Waals surface area contributed by atoms with Crippen molar-refractivity contribution in [3.63, 3.8) is 0 Å². The fourth-order valence-corrected chi connectivity index (χ4v) is 3.31. The molecule has 1 aliphatic heterocycles. The van der Waals surface area contributed by atoms with Crippen molar-refractivity contribution < 1.29 is 4.74 Å². The molecule has 3 heteroatoms. The first-order valence-electron chi connectivity index (χ1n) is 8.44. The van der Waals surface area contributed by atoms with E-state index in [0.717, 1.165) is 25.0 Å². The number of nitrogens with zero attached hydrogens (tertiary/aromatic N) is 1. The molecule has 110 valence electrons. The molecule has 0 amide bonds. The van der Waals surface area contributed by atoms with Gasteiger partial charge in [-0.15, -0.1) is 0 Å². The zero-order valence-corrected chi connectivity index (χ0v) is 12.4. The molecule has 1 heterocycles. The number of hydrogen-bond acceptors (Lipinski definition) is 3. The molecule has 2 unspecified atom stereocenters. The van der Waals surface area contributed by atoms with Crippen LogP contribution in [0.3, 0.4) is 0 Å². The van der Waals surface area contributed by atoms with Crippen molar-refractivity contribution in [2.75, 3.05) is 26.2 Å². The molecule has 0 spiro atoms. The molecular weight excluding hydrogens is 236 g/mol. The van der Waals surface area contributed by atoms with Crippen molar-refractivity contribution in [2.24, 2.45) is 5.92 Å². The van der Waals surface area contributed by atoms with Crippen LogP contribution < -0.4 is 5.32 Å². The predicted octanol–water partition coefficient (Wildman–Crippen LogP) is 2.41. The fourth-order valence-electron chi connectivity index (χ4n) is 3.31. The third-order valence-electron chi connectivity index (χ3n) is 5.06. The molecule has 2 atom stereocenters. The fraction of sp³-hybridized carbons (Fsp3) is 1.00. The van der Waals surface area contributed by atoms with Gasteiger partial charge >= 0.3 is 0 Å². The molecule has 3 aliphatic rings. The first-order valence-corrected chi connectivity index (χ1v) is 8.44. The minimum atomic E-state index is 0.480. The minimum absolute atomic E-state index is 0.480. The highest BCUT2D eigenvalue weighted by atomic mass is 16.5. The topological polar surface area (TPSA) is 24.5 Å². The molecule has 0 aromatic rings. The van der Waals surface area contributed by atoms with E-state index in [4.69, 9.17) is 4.74 Å². The largest absolute Gasteiger partial charge is 0.372 e. The quantitative estimate of drug-likeness (QED) is 0.730. The van der Waals surface area contributed by atoms with Gasteiger partial charge in [-0.25, -0.2) is 0 Å². The van der Waals surface area contributed by atoms with E-state index in [2.05, 4.69) is 17.1 Å². The van der Waals surface area contributed by atoms with E-state index < -0.39 is 0 Å². The Morgan fingerprint density at radius 1 is 1.00 bits per heavy atom. The van der Waals surface area contributed by atoms with Gasteiger partial charge in [-0.05, 0) is 51.0 Å². The van der Waals surface area contributed by atoms with Crippen molar-refractivity contribution in [1.29, 1.82) is 0 Å². The second-order valence-corrected chi connectivity index (χ2v) is 6.79. The van der Waals surface area contributed by atoms with Crippen molar-refractivity contribution in [2.45, 2.75) is 70.1 Å². The zero-order chi connectivity index (χ0) is 13.1. The third kappa shape index (κ3) is 4.17. The molecule has 19 heavy (non-hydrogen) atoms.